The fourth-order valence-corrected chi connectivity index (χ4v) is 3.06. The van der Waals surface area contributed by atoms with Gasteiger partial charge in [-0.05, 0) is 37.2 Å². The molecule has 0 unspecified atom stereocenters. The molecule has 1 aromatic rings. The minimum atomic E-state index is 0.0307. The SMILES string of the molecule is CC(=O)N1CCC(CC=O)(Cc2ccc(C)cc2)CC1. The first kappa shape index (κ1) is 14.8. The summed E-state index contributed by atoms with van der Waals surface area (Å²) in [7, 11) is 0. The number of likely N-dealkylation sites (tertiary alicyclic amines) is 1. The van der Waals surface area contributed by atoms with E-state index in [4.69, 9.17) is 0 Å². The van der Waals surface area contributed by atoms with E-state index in [1.165, 1.54) is 11.1 Å². The molecular formula is C17H23NO2. The van der Waals surface area contributed by atoms with Crippen molar-refractivity contribution in [3.8, 4) is 0 Å². The number of nitrogens with zero attached hydrogens (tertiary/aromatic N) is 1. The number of benzene rings is 1. The second-order valence-corrected chi connectivity index (χ2v) is 6.04. The van der Waals surface area contributed by atoms with Gasteiger partial charge >= 0.3 is 0 Å². The molecule has 1 aliphatic rings. The van der Waals surface area contributed by atoms with E-state index in [9.17, 15) is 9.59 Å². The minimum Gasteiger partial charge on any atom is -0.343 e. The molecule has 1 aliphatic heterocycles. The zero-order valence-corrected chi connectivity index (χ0v) is 12.4. The highest BCUT2D eigenvalue weighted by Gasteiger charge is 2.35. The van der Waals surface area contributed by atoms with Crippen LogP contribution in [0.2, 0.25) is 0 Å². The van der Waals surface area contributed by atoms with Crippen LogP contribution < -0.4 is 0 Å². The molecule has 1 fully saturated rings. The van der Waals surface area contributed by atoms with Gasteiger partial charge in [0.25, 0.3) is 0 Å². The fourth-order valence-electron chi connectivity index (χ4n) is 3.06. The van der Waals surface area contributed by atoms with Crippen LogP contribution in [0, 0.1) is 12.3 Å². The Bertz CT molecular complexity index is 470. The molecule has 1 aromatic carbocycles. The van der Waals surface area contributed by atoms with Crippen molar-refractivity contribution in [3.05, 3.63) is 35.4 Å². The Morgan fingerprint density at radius 1 is 1.25 bits per heavy atom. The van der Waals surface area contributed by atoms with Crippen LogP contribution in [-0.2, 0) is 16.0 Å². The van der Waals surface area contributed by atoms with Crippen molar-refractivity contribution in [2.24, 2.45) is 5.41 Å². The molecule has 0 bridgehead atoms. The van der Waals surface area contributed by atoms with E-state index in [0.29, 0.717) is 6.42 Å². The first-order valence-corrected chi connectivity index (χ1v) is 7.29. The molecular weight excluding hydrogens is 250 g/mol. The lowest BCUT2D eigenvalue weighted by Crippen LogP contribution is -2.43. The summed E-state index contributed by atoms with van der Waals surface area (Å²) in [6, 6.07) is 8.54. The molecule has 20 heavy (non-hydrogen) atoms. The van der Waals surface area contributed by atoms with Crippen LogP contribution in [0.25, 0.3) is 0 Å². The molecule has 3 nitrogen and oxygen atoms in total. The lowest BCUT2D eigenvalue weighted by molar-refractivity contribution is -0.131. The van der Waals surface area contributed by atoms with Crippen LogP contribution in [0.5, 0.6) is 0 Å². The van der Waals surface area contributed by atoms with Gasteiger partial charge in [0.2, 0.25) is 5.91 Å². The summed E-state index contributed by atoms with van der Waals surface area (Å²) in [6.07, 6.45) is 4.39. The Morgan fingerprint density at radius 2 is 1.85 bits per heavy atom. The van der Waals surface area contributed by atoms with E-state index in [2.05, 4.69) is 31.2 Å². The largest absolute Gasteiger partial charge is 0.343 e. The van der Waals surface area contributed by atoms with Crippen LogP contribution in [0.15, 0.2) is 24.3 Å². The molecule has 0 atom stereocenters. The Labute approximate surface area is 121 Å². The molecule has 2 rings (SSSR count). The van der Waals surface area contributed by atoms with Crippen LogP contribution in [-0.4, -0.2) is 30.2 Å². The second kappa shape index (κ2) is 6.21. The number of hydrogen-bond donors (Lipinski definition) is 0. The molecule has 0 spiro atoms. The predicted octanol–water partition coefficient (Wildman–Crippen LogP) is 2.76. The van der Waals surface area contributed by atoms with Crippen molar-refractivity contribution < 1.29 is 9.59 Å². The summed E-state index contributed by atoms with van der Waals surface area (Å²) in [4.78, 5) is 24.4. The van der Waals surface area contributed by atoms with Crippen LogP contribution >= 0.6 is 0 Å². The summed E-state index contributed by atoms with van der Waals surface area (Å²) in [6.45, 7) is 5.24. The minimum absolute atomic E-state index is 0.0307. The topological polar surface area (TPSA) is 37.4 Å². The number of carbonyl (C=O) groups excluding carboxylic acids is 2. The van der Waals surface area contributed by atoms with E-state index in [-0.39, 0.29) is 11.3 Å². The quantitative estimate of drug-likeness (QED) is 0.791. The summed E-state index contributed by atoms with van der Waals surface area (Å²) >= 11 is 0. The van der Waals surface area contributed by atoms with Gasteiger partial charge in [-0.25, -0.2) is 0 Å². The average molecular weight is 273 g/mol. The highest BCUT2D eigenvalue weighted by molar-refractivity contribution is 5.73. The number of aryl methyl sites for hydroxylation is 1. The summed E-state index contributed by atoms with van der Waals surface area (Å²) < 4.78 is 0. The van der Waals surface area contributed by atoms with Gasteiger partial charge in [0.05, 0.1) is 0 Å². The molecule has 108 valence electrons. The Kier molecular flexibility index (Phi) is 4.58. The summed E-state index contributed by atoms with van der Waals surface area (Å²) in [5.41, 5.74) is 2.57. The van der Waals surface area contributed by atoms with Gasteiger partial charge in [-0.3, -0.25) is 4.79 Å². The zero-order valence-electron chi connectivity index (χ0n) is 12.4. The molecule has 1 saturated heterocycles. The van der Waals surface area contributed by atoms with Crippen LogP contribution in [0.3, 0.4) is 0 Å². The van der Waals surface area contributed by atoms with Gasteiger partial charge in [-0.15, -0.1) is 0 Å². The van der Waals surface area contributed by atoms with E-state index in [1.54, 1.807) is 6.92 Å². The molecule has 3 heteroatoms. The van der Waals surface area contributed by atoms with Gasteiger partial charge in [-0.2, -0.15) is 0 Å². The number of amides is 1. The average Bonchev–Trinajstić information content (AvgIpc) is 2.42. The van der Waals surface area contributed by atoms with Crippen molar-refractivity contribution in [1.82, 2.24) is 4.90 Å². The number of aldehydes is 1. The van der Waals surface area contributed by atoms with E-state index >= 15 is 0 Å². The van der Waals surface area contributed by atoms with Crippen LogP contribution in [0.4, 0.5) is 0 Å². The lowest BCUT2D eigenvalue weighted by atomic mass is 9.71. The third kappa shape index (κ3) is 3.47. The van der Waals surface area contributed by atoms with Gasteiger partial charge in [-0.1, -0.05) is 29.8 Å². The monoisotopic (exact) mass is 273 g/mol. The first-order chi connectivity index (χ1) is 9.54. The molecule has 0 aromatic heterocycles. The summed E-state index contributed by atoms with van der Waals surface area (Å²) in [5.74, 6) is 0.139. The molecule has 0 N–H and O–H groups in total. The smallest absolute Gasteiger partial charge is 0.219 e. The van der Waals surface area contributed by atoms with Gasteiger partial charge in [0.1, 0.15) is 6.29 Å². The predicted molar refractivity (Wildman–Crippen MR) is 79.5 cm³/mol. The van der Waals surface area contributed by atoms with Gasteiger partial charge < -0.3 is 9.69 Å². The van der Waals surface area contributed by atoms with E-state index in [0.717, 1.165) is 38.6 Å². The second-order valence-electron chi connectivity index (χ2n) is 6.04. The van der Waals surface area contributed by atoms with E-state index < -0.39 is 0 Å². The standard InChI is InChI=1S/C17H23NO2/c1-14-3-5-16(6-4-14)13-17(9-12-19)7-10-18(11-8-17)15(2)20/h3-6,12H,7-11,13H2,1-2H3. The molecule has 0 saturated carbocycles. The van der Waals surface area contributed by atoms with Crippen molar-refractivity contribution in [2.75, 3.05) is 13.1 Å². The van der Waals surface area contributed by atoms with Crippen molar-refractivity contribution >= 4 is 12.2 Å². The van der Waals surface area contributed by atoms with Crippen molar-refractivity contribution in [3.63, 3.8) is 0 Å². The van der Waals surface area contributed by atoms with Gasteiger partial charge in [0.15, 0.2) is 0 Å². The molecule has 0 radical (unpaired) electrons. The lowest BCUT2D eigenvalue weighted by Gasteiger charge is -2.41. The molecule has 1 heterocycles. The Balaban J connectivity index is 2.09. The zero-order chi connectivity index (χ0) is 14.6. The van der Waals surface area contributed by atoms with Crippen LogP contribution in [0.1, 0.15) is 37.3 Å². The maximum absolute atomic E-state index is 11.4. The Morgan fingerprint density at radius 3 is 2.35 bits per heavy atom. The first-order valence-electron chi connectivity index (χ1n) is 7.29. The van der Waals surface area contributed by atoms with E-state index in [1.807, 2.05) is 4.90 Å². The number of piperidine rings is 1. The molecule has 1 amide bonds. The number of rotatable bonds is 4. The normalized spacial score (nSPS) is 17.8. The highest BCUT2D eigenvalue weighted by atomic mass is 16.2. The number of carbonyl (C=O) groups is 2. The molecule has 0 aliphatic carbocycles. The van der Waals surface area contributed by atoms with Crippen molar-refractivity contribution in [2.45, 2.75) is 39.5 Å². The third-order valence-corrected chi connectivity index (χ3v) is 4.49. The third-order valence-electron chi connectivity index (χ3n) is 4.49. The highest BCUT2D eigenvalue weighted by Crippen LogP contribution is 2.37. The Hall–Kier alpha value is -1.64. The van der Waals surface area contributed by atoms with Gasteiger partial charge in [0, 0.05) is 26.4 Å². The van der Waals surface area contributed by atoms with Crippen molar-refractivity contribution in [1.29, 1.82) is 0 Å². The maximum atomic E-state index is 11.4. The fraction of sp³-hybridized carbons (Fsp3) is 0.529. The summed E-state index contributed by atoms with van der Waals surface area (Å²) in [5, 5.41) is 0. The number of hydrogen-bond acceptors (Lipinski definition) is 2. The maximum Gasteiger partial charge on any atom is 0.219 e.